The van der Waals surface area contributed by atoms with E-state index in [1.807, 2.05) is 152 Å². The lowest BCUT2D eigenvalue weighted by Gasteiger charge is -2.51. The molecular formula is C87H122Br2N6O18. The molecule has 6 bridgehead atoms. The maximum atomic E-state index is 13.4. The molecule has 0 saturated carbocycles. The number of esters is 3. The summed E-state index contributed by atoms with van der Waals surface area (Å²) in [7, 11) is 0. The summed E-state index contributed by atoms with van der Waals surface area (Å²) in [6.07, 6.45) is 7.54. The largest absolute Gasteiger partial charge is 1.00 e. The molecule has 10 saturated heterocycles. The van der Waals surface area contributed by atoms with Crippen molar-refractivity contribution >= 4 is 69.7 Å². The van der Waals surface area contributed by atoms with Crippen LogP contribution in [0, 0.1) is 17.8 Å². The molecule has 3 amide bonds. The molecule has 622 valence electrons. The third-order valence-electron chi connectivity index (χ3n) is 19.5. The van der Waals surface area contributed by atoms with Gasteiger partial charge in [0.15, 0.2) is 11.9 Å². The minimum atomic E-state index is -1.09. The van der Waals surface area contributed by atoms with Gasteiger partial charge < -0.3 is 85.7 Å². The number of piperidine rings is 9. The number of nitrogens with one attached hydrogen (secondary N) is 3. The Bertz CT molecular complexity index is 3660. The number of hydrogen-bond donors (Lipinski definition) is 5. The highest BCUT2D eigenvalue weighted by Gasteiger charge is 2.49. The number of carboxylic acid groups (broad SMARTS) is 1. The van der Waals surface area contributed by atoms with Gasteiger partial charge in [0.25, 0.3) is 0 Å². The van der Waals surface area contributed by atoms with Crippen LogP contribution in [0.1, 0.15) is 165 Å². The van der Waals surface area contributed by atoms with Gasteiger partial charge in [0.05, 0.1) is 31.1 Å². The highest BCUT2D eigenvalue weighted by molar-refractivity contribution is 9.09. The molecule has 5 aromatic carbocycles. The average molecular weight is 1700 g/mol. The lowest BCUT2D eigenvalue weighted by atomic mass is 9.82. The average Bonchev–Trinajstić information content (AvgIpc) is 0.864. The van der Waals surface area contributed by atoms with Crippen molar-refractivity contribution in [1.29, 1.82) is 0 Å². The summed E-state index contributed by atoms with van der Waals surface area (Å²) < 4.78 is 37.7. The van der Waals surface area contributed by atoms with Crippen molar-refractivity contribution in [2.24, 2.45) is 17.8 Å². The molecule has 0 aromatic heterocycles. The number of hydrogen-bond acceptors (Lipinski definition) is 19. The van der Waals surface area contributed by atoms with Gasteiger partial charge >= 0.3 is 42.2 Å². The van der Waals surface area contributed by atoms with Crippen LogP contribution in [-0.4, -0.2) is 222 Å². The van der Waals surface area contributed by atoms with E-state index in [0.717, 1.165) is 106 Å². The maximum absolute atomic E-state index is 13.4. The van der Waals surface area contributed by atoms with Crippen molar-refractivity contribution in [3.8, 4) is 0 Å². The number of alkyl halides is 1. The second-order valence-electron chi connectivity index (χ2n) is 32.2. The Morgan fingerprint density at radius 2 is 0.858 bits per heavy atom. The Labute approximate surface area is 687 Å². The number of benzene rings is 5. The maximum Gasteiger partial charge on any atom is 0.408 e. The van der Waals surface area contributed by atoms with E-state index in [4.69, 9.17) is 33.5 Å². The molecule has 0 spiro atoms. The Morgan fingerprint density at radius 3 is 1.16 bits per heavy atom. The molecule has 5 aromatic rings. The molecule has 15 rings (SSSR count). The van der Waals surface area contributed by atoms with Crippen molar-refractivity contribution in [3.05, 3.63) is 179 Å². The molecular weight excluding hydrogens is 1580 g/mol. The van der Waals surface area contributed by atoms with Crippen molar-refractivity contribution in [1.82, 2.24) is 25.8 Å². The van der Waals surface area contributed by atoms with E-state index in [-0.39, 0.29) is 71.1 Å². The number of carbonyl (C=O) groups excluding carboxylic acids is 8. The zero-order valence-corrected chi connectivity index (χ0v) is 71.0. The number of ether oxygens (including phenoxy) is 7. The van der Waals surface area contributed by atoms with Gasteiger partial charge in [-0.25, -0.2) is 28.8 Å². The van der Waals surface area contributed by atoms with Crippen LogP contribution in [0.2, 0.25) is 0 Å². The summed E-state index contributed by atoms with van der Waals surface area (Å²) in [5.41, 5.74) is 2.25. The predicted molar refractivity (Wildman–Crippen MR) is 432 cm³/mol. The summed E-state index contributed by atoms with van der Waals surface area (Å²) in [6, 6.07) is 44.2. The molecule has 26 heteroatoms. The fourth-order valence-electron chi connectivity index (χ4n) is 13.9. The van der Waals surface area contributed by atoms with E-state index in [0.29, 0.717) is 54.2 Å². The number of ketones is 2. The number of quaternary nitrogens is 1. The third kappa shape index (κ3) is 36.9. The summed E-state index contributed by atoms with van der Waals surface area (Å²) in [6.45, 7) is 30.8. The Balaban J connectivity index is 0.000000260. The Kier molecular flexibility index (Phi) is 40.8. The van der Waals surface area contributed by atoms with Crippen LogP contribution < -0.4 is 32.9 Å². The highest BCUT2D eigenvalue weighted by atomic mass is 79.9. The first-order valence-electron chi connectivity index (χ1n) is 39.3. The molecule has 5 N–H and O–H groups in total. The first kappa shape index (κ1) is 95.5. The second-order valence-corrected chi connectivity index (χ2v) is 32.8. The van der Waals surface area contributed by atoms with Crippen LogP contribution in [0.25, 0.3) is 0 Å². The van der Waals surface area contributed by atoms with Crippen LogP contribution in [-0.2, 0) is 71.6 Å². The molecule has 10 heterocycles. The number of Topliss-reactive ketones (excluding diaryl/α,β-unsaturated/α-hetero) is 2. The first-order chi connectivity index (χ1) is 53.2. The minimum absolute atomic E-state index is 0. The summed E-state index contributed by atoms with van der Waals surface area (Å²) in [5, 5.41) is 26.7. The molecule has 10 fully saturated rings. The van der Waals surface area contributed by atoms with Crippen LogP contribution >= 0.6 is 15.9 Å². The van der Waals surface area contributed by atoms with E-state index in [1.165, 1.54) is 45.7 Å². The Hall–Kier alpha value is -8.11. The number of halogens is 2. The lowest BCUT2D eigenvalue weighted by molar-refractivity contribution is -0.938. The number of nitrogens with zero attached hydrogens (tertiary/aromatic N) is 3. The molecule has 24 nitrogen and oxygen atoms in total. The zero-order valence-electron chi connectivity index (χ0n) is 67.8. The standard InChI is InChI=1S/C29H36N2O5.C21H30N2O4.C14H19NO4.C8H7BrO.C7H13NO.C4H8O2.C4H8O.BrH/c1-29(2,3)36-28(34)30-24(18-21-10-6-4-7-11-21)27(33)35-26-20-31(16-14-23(26)15-17-31)19-25(32)22-12-8-5-9-13-22;1-21(2,3)27-20(25)22-17(13-15-7-5-4-6-8-15)19(24)26-18-14-23-11-9-16(18)10-12-23;1-14(2,3)19-13(18)15-11(12(16)17)9-10-7-5-4-6-8-10;9-6-8(10)7-4-2-1-3-5-7;9-7-5-8-3-1-6(7)2-4-8;1-3-6-4(2)5;1-2-4-5-3-1;/h4-13,23-24,26H,14-20H2,1-3H3;4-8,16-18H,9-14H2,1-3H3,(H,22,25);4-8,11H,9H2,1-3H3,(H,15,18)(H,16,17);1-5H,6H2;6-7,9H,1-5H2;3H2,1-2H3;1-4H2;1H/t23?,24-,26-,31?;17-,18-;11-;;7-;;;/m000.0.../s1. The van der Waals surface area contributed by atoms with Crippen molar-refractivity contribution in [3.63, 3.8) is 0 Å². The van der Waals surface area contributed by atoms with Gasteiger partial charge in [-0.1, -0.05) is 168 Å². The zero-order chi connectivity index (χ0) is 81.9. The van der Waals surface area contributed by atoms with Gasteiger partial charge in [0.2, 0.25) is 5.78 Å². The van der Waals surface area contributed by atoms with E-state index >= 15 is 0 Å². The number of alkyl carbamates (subject to hydrolysis) is 3. The summed E-state index contributed by atoms with van der Waals surface area (Å²) in [4.78, 5) is 112. The number of rotatable bonds is 20. The van der Waals surface area contributed by atoms with E-state index in [1.54, 1.807) is 69.2 Å². The Morgan fingerprint density at radius 1 is 0.504 bits per heavy atom. The number of fused-ring (bicyclic) bond motifs is 9. The fourth-order valence-corrected chi connectivity index (χ4v) is 14.3. The minimum Gasteiger partial charge on any atom is -1.00 e. The van der Waals surface area contributed by atoms with Crippen molar-refractivity contribution < 1.29 is 108 Å². The molecule has 0 radical (unpaired) electrons. The first-order valence-corrected chi connectivity index (χ1v) is 40.5. The topological polar surface area (TPSA) is 301 Å². The van der Waals surface area contributed by atoms with Crippen molar-refractivity contribution in [2.45, 2.75) is 200 Å². The quantitative estimate of drug-likeness (QED) is 0.0159. The van der Waals surface area contributed by atoms with E-state index in [9.17, 15) is 48.3 Å². The smallest absolute Gasteiger partial charge is 0.408 e. The van der Waals surface area contributed by atoms with Gasteiger partial charge in [0.1, 0.15) is 54.1 Å². The molecule has 113 heavy (non-hydrogen) atoms. The monoisotopic (exact) mass is 1700 g/mol. The van der Waals surface area contributed by atoms with Gasteiger partial charge in [-0.05, 0) is 162 Å². The molecule has 0 aliphatic carbocycles. The third-order valence-corrected chi connectivity index (χ3v) is 20.1. The van der Waals surface area contributed by atoms with Gasteiger partial charge in [0, 0.05) is 82.4 Å². The van der Waals surface area contributed by atoms with Crippen LogP contribution in [0.3, 0.4) is 0 Å². The second kappa shape index (κ2) is 48.3. The molecule has 10 aliphatic rings. The molecule has 6 atom stereocenters. The number of carboxylic acids is 1. The lowest BCUT2D eigenvalue weighted by Crippen LogP contribution is -3.00. The summed E-state index contributed by atoms with van der Waals surface area (Å²) in [5.74, 6) is -0.561. The SMILES string of the molecule is C1CCOC1.CC(C)(C)OC(=O)N[C@@H](Cc1ccccc1)C(=O)O.CC(C)(C)OC(=O)N[C@@H](Cc1ccccc1)C(=O)O[C@H]1CN2CCC1CC2.CC(C)(C)OC(=O)N[C@@H](Cc1ccccc1)C(=O)O[C@H]1C[N+]2(CC(=O)c3ccccc3)CCC1CC2.CCOC(C)=O.O=C(CBr)c1ccccc1.O[C@H]1CN2CCC1CC2.[Br-]. The molecule has 10 aliphatic heterocycles. The van der Waals surface area contributed by atoms with Crippen LogP contribution in [0.4, 0.5) is 14.4 Å². The number of aliphatic carboxylic acids is 1. The van der Waals surface area contributed by atoms with Gasteiger partial charge in [-0.3, -0.25) is 19.3 Å². The number of aliphatic hydroxyl groups excluding tert-OH is 1. The molecule has 0 unspecified atom stereocenters. The number of amides is 3. The van der Waals surface area contributed by atoms with Gasteiger partial charge in [-0.2, -0.15) is 0 Å². The van der Waals surface area contributed by atoms with Crippen LogP contribution in [0.5, 0.6) is 0 Å². The van der Waals surface area contributed by atoms with E-state index in [2.05, 4.69) is 46.4 Å². The predicted octanol–water partition coefficient (Wildman–Crippen LogP) is 9.83. The highest BCUT2D eigenvalue weighted by Crippen LogP contribution is 2.37. The van der Waals surface area contributed by atoms with Crippen molar-refractivity contribution in [2.75, 3.05) is 90.6 Å². The normalized spacial score (nSPS) is 22.1. The summed E-state index contributed by atoms with van der Waals surface area (Å²) >= 11 is 3.10. The van der Waals surface area contributed by atoms with Gasteiger partial charge in [-0.15, -0.1) is 0 Å². The van der Waals surface area contributed by atoms with E-state index < -0.39 is 65.1 Å². The number of aliphatic hydroxyl groups is 1. The van der Waals surface area contributed by atoms with Crippen LogP contribution in [0.15, 0.2) is 152 Å². The number of carbonyl (C=O) groups is 9. The fraction of sp³-hybridized carbons (Fsp3) is 0.552.